The summed E-state index contributed by atoms with van der Waals surface area (Å²) in [4.78, 5) is 36.2. The van der Waals surface area contributed by atoms with Gasteiger partial charge in [-0.25, -0.2) is 14.3 Å². The number of nitrogens with one attached hydrogen (secondary N) is 3. The first kappa shape index (κ1) is 32.0. The molecule has 4 N–H and O–H groups in total. The van der Waals surface area contributed by atoms with Crippen LogP contribution in [0.5, 0.6) is 0 Å². The van der Waals surface area contributed by atoms with E-state index in [1.807, 2.05) is 66.7 Å². The van der Waals surface area contributed by atoms with Gasteiger partial charge in [-0.15, -0.1) is 0 Å². The number of hydrogen-bond acceptors (Lipinski definition) is 6. The summed E-state index contributed by atoms with van der Waals surface area (Å²) in [6, 6.07) is 24.7. The van der Waals surface area contributed by atoms with Crippen molar-refractivity contribution in [2.24, 2.45) is 0 Å². The molecule has 230 valence electrons. The molecule has 0 aliphatic carbocycles. The fourth-order valence-electron chi connectivity index (χ4n) is 4.23. The number of hydrogen-bond donors (Lipinski definition) is 4. The van der Waals surface area contributed by atoms with Crippen molar-refractivity contribution in [2.45, 2.75) is 12.7 Å². The molecule has 0 saturated carbocycles. The van der Waals surface area contributed by atoms with Gasteiger partial charge in [0.15, 0.2) is 0 Å². The molecule has 1 aromatic heterocycles. The lowest BCUT2D eigenvalue weighted by molar-refractivity contribution is -0.192. The summed E-state index contributed by atoms with van der Waals surface area (Å²) in [5, 5.41) is 20.6. The van der Waals surface area contributed by atoms with Crippen LogP contribution in [0.4, 0.5) is 35.0 Å². The van der Waals surface area contributed by atoms with Crippen LogP contribution in [0.25, 0.3) is 11.1 Å². The third kappa shape index (κ3) is 8.82. The van der Waals surface area contributed by atoms with E-state index in [2.05, 4.69) is 25.9 Å². The Balaban J connectivity index is 0.000000566. The molecule has 44 heavy (non-hydrogen) atoms. The van der Waals surface area contributed by atoms with Crippen LogP contribution in [0.2, 0.25) is 5.02 Å². The van der Waals surface area contributed by atoms with Gasteiger partial charge in [-0.05, 0) is 41.0 Å². The molecular formula is C30H28ClF3N6O4. The van der Waals surface area contributed by atoms with Crippen LogP contribution in [-0.4, -0.2) is 59.2 Å². The van der Waals surface area contributed by atoms with E-state index >= 15 is 0 Å². The minimum atomic E-state index is -5.08. The van der Waals surface area contributed by atoms with Crippen molar-refractivity contribution in [2.75, 3.05) is 41.7 Å². The molecule has 0 spiro atoms. The molecule has 0 radical (unpaired) electrons. The number of carboxylic acids is 1. The van der Waals surface area contributed by atoms with Gasteiger partial charge in [0.05, 0.1) is 18.4 Å². The molecule has 1 aliphatic rings. The van der Waals surface area contributed by atoms with Crippen LogP contribution in [0.15, 0.2) is 89.9 Å². The zero-order valence-corrected chi connectivity index (χ0v) is 23.9. The number of benzene rings is 3. The van der Waals surface area contributed by atoms with E-state index in [0.29, 0.717) is 17.1 Å². The Morgan fingerprint density at radius 3 is 1.95 bits per heavy atom. The summed E-state index contributed by atoms with van der Waals surface area (Å²) in [5.41, 5.74) is 4.74. The zero-order chi connectivity index (χ0) is 31.7. The number of urea groups is 1. The SMILES string of the molecule is O=C(Nc1ccc(Cn2ncc(N3CCNCC3)c(Cl)c2=O)cc1)Nc1ccc(-c2ccccc2)cc1.O=C(O)C(F)(F)F. The molecule has 0 atom stereocenters. The number of rotatable bonds is 6. The summed E-state index contributed by atoms with van der Waals surface area (Å²) in [6.07, 6.45) is -3.43. The topological polar surface area (TPSA) is 129 Å². The molecule has 1 fully saturated rings. The minimum Gasteiger partial charge on any atom is -0.475 e. The highest BCUT2D eigenvalue weighted by Crippen LogP contribution is 2.23. The average Bonchev–Trinajstić information content (AvgIpc) is 3.01. The number of aromatic nitrogens is 2. The van der Waals surface area contributed by atoms with Crippen LogP contribution < -0.4 is 26.4 Å². The maximum Gasteiger partial charge on any atom is 0.490 e. The third-order valence-electron chi connectivity index (χ3n) is 6.46. The Morgan fingerprint density at radius 1 is 0.886 bits per heavy atom. The van der Waals surface area contributed by atoms with Gasteiger partial charge in [-0.2, -0.15) is 18.3 Å². The molecule has 0 bridgehead atoms. The lowest BCUT2D eigenvalue weighted by Gasteiger charge is -2.29. The van der Waals surface area contributed by atoms with Gasteiger partial charge < -0.3 is 26.0 Å². The number of nitrogens with zero attached hydrogens (tertiary/aromatic N) is 3. The highest BCUT2D eigenvalue weighted by molar-refractivity contribution is 6.33. The molecule has 1 aliphatic heterocycles. The Kier molecular flexibility index (Phi) is 10.6. The summed E-state index contributed by atoms with van der Waals surface area (Å²) in [5.74, 6) is -2.76. The molecule has 1 saturated heterocycles. The van der Waals surface area contributed by atoms with Crippen molar-refractivity contribution >= 4 is 40.7 Å². The Morgan fingerprint density at radius 2 is 1.41 bits per heavy atom. The maximum absolute atomic E-state index is 12.8. The number of carboxylic acid groups (broad SMARTS) is 1. The number of aliphatic carboxylic acids is 1. The van der Waals surface area contributed by atoms with Crippen LogP contribution in [-0.2, 0) is 11.3 Å². The number of amides is 2. The van der Waals surface area contributed by atoms with E-state index in [-0.39, 0.29) is 23.2 Å². The average molecular weight is 629 g/mol. The van der Waals surface area contributed by atoms with Gasteiger partial charge in [0.25, 0.3) is 5.56 Å². The monoisotopic (exact) mass is 628 g/mol. The van der Waals surface area contributed by atoms with Crippen LogP contribution in [0.3, 0.4) is 0 Å². The van der Waals surface area contributed by atoms with Crippen molar-refractivity contribution in [1.82, 2.24) is 15.1 Å². The van der Waals surface area contributed by atoms with Gasteiger partial charge in [0, 0.05) is 37.6 Å². The third-order valence-corrected chi connectivity index (χ3v) is 6.82. The first-order chi connectivity index (χ1) is 21.0. The highest BCUT2D eigenvalue weighted by Gasteiger charge is 2.38. The fraction of sp³-hybridized carbons (Fsp3) is 0.200. The lowest BCUT2D eigenvalue weighted by atomic mass is 10.1. The predicted molar refractivity (Wildman–Crippen MR) is 162 cm³/mol. The highest BCUT2D eigenvalue weighted by atomic mass is 35.5. The van der Waals surface area contributed by atoms with E-state index in [1.165, 1.54) is 4.68 Å². The number of carbonyl (C=O) groups excluding carboxylic acids is 1. The summed E-state index contributed by atoms with van der Waals surface area (Å²) < 4.78 is 33.1. The van der Waals surface area contributed by atoms with E-state index in [9.17, 15) is 22.8 Å². The first-order valence-electron chi connectivity index (χ1n) is 13.3. The second-order valence-corrected chi connectivity index (χ2v) is 9.94. The standard InChI is InChI=1S/C28H27ClN6O2.C2HF3O2/c29-26-25(34-16-14-30-15-17-34)18-31-35(27(26)36)19-20-6-10-23(11-7-20)32-28(37)33-24-12-8-22(9-13-24)21-4-2-1-3-5-21;3-2(4,5)1(6)7/h1-13,18,30H,14-17,19H2,(H2,32,33,37);(H,6,7). The second-order valence-electron chi connectivity index (χ2n) is 9.57. The van der Waals surface area contributed by atoms with Crippen molar-refractivity contribution < 1.29 is 27.9 Å². The number of piperazine rings is 1. The van der Waals surface area contributed by atoms with E-state index < -0.39 is 12.1 Å². The summed E-state index contributed by atoms with van der Waals surface area (Å²) in [7, 11) is 0. The largest absolute Gasteiger partial charge is 0.490 e. The van der Waals surface area contributed by atoms with E-state index in [1.54, 1.807) is 18.3 Å². The minimum absolute atomic E-state index is 0.184. The molecule has 10 nitrogen and oxygen atoms in total. The van der Waals surface area contributed by atoms with Gasteiger partial charge in [-0.3, -0.25) is 4.79 Å². The summed E-state index contributed by atoms with van der Waals surface area (Å²) in [6.45, 7) is 3.54. The Bertz CT molecular complexity index is 1630. The molecule has 4 aromatic rings. The fourth-order valence-corrected chi connectivity index (χ4v) is 4.50. The van der Waals surface area contributed by atoms with E-state index in [4.69, 9.17) is 21.5 Å². The maximum atomic E-state index is 12.8. The normalized spacial score (nSPS) is 13.0. The molecule has 2 amide bonds. The number of anilines is 3. The molecule has 14 heteroatoms. The number of halogens is 4. The van der Waals surface area contributed by atoms with Gasteiger partial charge in [0.1, 0.15) is 5.02 Å². The van der Waals surface area contributed by atoms with Crippen LogP contribution in [0.1, 0.15) is 5.56 Å². The number of carbonyl (C=O) groups is 2. The molecule has 5 rings (SSSR count). The van der Waals surface area contributed by atoms with Gasteiger partial charge in [0.2, 0.25) is 0 Å². The second kappa shape index (κ2) is 14.5. The van der Waals surface area contributed by atoms with Crippen molar-refractivity contribution in [3.63, 3.8) is 0 Å². The Hall–Kier alpha value is -4.88. The zero-order valence-electron chi connectivity index (χ0n) is 23.1. The number of alkyl halides is 3. The van der Waals surface area contributed by atoms with Crippen molar-refractivity contribution in [3.05, 3.63) is 106 Å². The molecular weight excluding hydrogens is 601 g/mol. The van der Waals surface area contributed by atoms with Gasteiger partial charge >= 0.3 is 18.2 Å². The summed E-state index contributed by atoms with van der Waals surface area (Å²) >= 11 is 6.40. The molecule has 0 unspecified atom stereocenters. The molecule has 2 heterocycles. The molecule has 3 aromatic carbocycles. The quantitative estimate of drug-likeness (QED) is 0.228. The van der Waals surface area contributed by atoms with Crippen LogP contribution in [0, 0.1) is 0 Å². The van der Waals surface area contributed by atoms with E-state index in [0.717, 1.165) is 42.9 Å². The van der Waals surface area contributed by atoms with Crippen molar-refractivity contribution in [3.8, 4) is 11.1 Å². The Labute approximate surface area is 255 Å². The predicted octanol–water partition coefficient (Wildman–Crippen LogP) is 5.30. The smallest absolute Gasteiger partial charge is 0.475 e. The van der Waals surface area contributed by atoms with Gasteiger partial charge in [-0.1, -0.05) is 66.2 Å². The van der Waals surface area contributed by atoms with Crippen molar-refractivity contribution in [1.29, 1.82) is 0 Å². The lowest BCUT2D eigenvalue weighted by Crippen LogP contribution is -2.44. The first-order valence-corrected chi connectivity index (χ1v) is 13.7. The van der Waals surface area contributed by atoms with Crippen LogP contribution >= 0.6 is 11.6 Å².